The van der Waals surface area contributed by atoms with Crippen LogP contribution in [-0.4, -0.2) is 44.7 Å². The molecule has 2 aromatic carbocycles. The number of nitrogens with zero attached hydrogens (tertiary/aromatic N) is 3. The Morgan fingerprint density at radius 1 is 1.28 bits per heavy atom. The maximum Gasteiger partial charge on any atom is 0.271 e. The number of nitro groups is 1. The molecule has 1 saturated carbocycles. The van der Waals surface area contributed by atoms with E-state index in [4.69, 9.17) is 4.74 Å². The van der Waals surface area contributed by atoms with Gasteiger partial charge in [-0.1, -0.05) is 17.8 Å². The van der Waals surface area contributed by atoms with Crippen LogP contribution in [0.3, 0.4) is 0 Å². The average molecular weight is 455 g/mol. The van der Waals surface area contributed by atoms with E-state index in [1.165, 1.54) is 30.0 Å². The fraction of sp³-hybridized carbons (Fsp3) is 0.318. The van der Waals surface area contributed by atoms with Gasteiger partial charge in [-0.15, -0.1) is 0 Å². The summed E-state index contributed by atoms with van der Waals surface area (Å²) in [7, 11) is 0. The van der Waals surface area contributed by atoms with E-state index in [0.29, 0.717) is 23.1 Å². The van der Waals surface area contributed by atoms with Crippen LogP contribution in [0.25, 0.3) is 0 Å². The number of aliphatic imine (C=N–C) groups is 1. The third-order valence-electron chi connectivity index (χ3n) is 4.96. The average Bonchev–Trinajstić information content (AvgIpc) is 3.55. The zero-order chi connectivity index (χ0) is 22.7. The first-order valence-electron chi connectivity index (χ1n) is 10.3. The Kier molecular flexibility index (Phi) is 6.40. The van der Waals surface area contributed by atoms with E-state index in [-0.39, 0.29) is 30.0 Å². The van der Waals surface area contributed by atoms with Crippen molar-refractivity contribution in [3.05, 3.63) is 58.6 Å². The predicted octanol–water partition coefficient (Wildman–Crippen LogP) is 4.12. The van der Waals surface area contributed by atoms with Crippen LogP contribution in [0.15, 0.2) is 53.5 Å². The third kappa shape index (κ3) is 5.08. The Morgan fingerprint density at radius 2 is 2.03 bits per heavy atom. The van der Waals surface area contributed by atoms with Crippen LogP contribution < -0.4 is 10.1 Å². The quantitative estimate of drug-likeness (QED) is 0.474. The second kappa shape index (κ2) is 9.39. The van der Waals surface area contributed by atoms with Gasteiger partial charge in [0.05, 0.1) is 17.2 Å². The van der Waals surface area contributed by atoms with Crippen LogP contribution in [0.4, 0.5) is 17.1 Å². The molecular formula is C22H22N4O5S. The number of nitro benzene ring substituents is 1. The molecular weight excluding hydrogens is 432 g/mol. The van der Waals surface area contributed by atoms with Gasteiger partial charge in [0.25, 0.3) is 5.69 Å². The number of non-ortho nitro benzene ring substituents is 1. The maximum atomic E-state index is 13.0. The standard InChI is InChI=1S/C22H22N4O5S/c1-2-31-18-10-6-14(7-11-18)24-22-25(16-8-9-16)21(28)19(32-22)13-20(27)23-15-4-3-5-17(12-15)26(29)30/h3-7,10-12,16,19H,2,8-9,13H2,1H3,(H,23,27). The number of benzene rings is 2. The van der Waals surface area contributed by atoms with E-state index in [2.05, 4.69) is 10.3 Å². The van der Waals surface area contributed by atoms with Crippen molar-refractivity contribution in [2.45, 2.75) is 37.5 Å². The van der Waals surface area contributed by atoms with Crippen molar-refractivity contribution in [2.24, 2.45) is 4.99 Å². The summed E-state index contributed by atoms with van der Waals surface area (Å²) in [6, 6.07) is 13.2. The highest BCUT2D eigenvalue weighted by atomic mass is 32.2. The molecule has 1 N–H and O–H groups in total. The Morgan fingerprint density at radius 3 is 2.69 bits per heavy atom. The minimum atomic E-state index is -0.587. The van der Waals surface area contributed by atoms with Crippen LogP contribution in [-0.2, 0) is 9.59 Å². The molecule has 0 aromatic heterocycles. The zero-order valence-electron chi connectivity index (χ0n) is 17.4. The van der Waals surface area contributed by atoms with Gasteiger partial charge in [-0.25, -0.2) is 4.99 Å². The van der Waals surface area contributed by atoms with Gasteiger partial charge in [-0.2, -0.15) is 0 Å². The van der Waals surface area contributed by atoms with E-state index in [0.717, 1.165) is 18.6 Å². The highest BCUT2D eigenvalue weighted by Crippen LogP contribution is 2.39. The van der Waals surface area contributed by atoms with Crippen molar-refractivity contribution < 1.29 is 19.2 Å². The van der Waals surface area contributed by atoms with Crippen LogP contribution >= 0.6 is 11.8 Å². The third-order valence-corrected chi connectivity index (χ3v) is 6.11. The molecule has 1 saturated heterocycles. The molecule has 2 aromatic rings. The SMILES string of the molecule is CCOc1ccc(N=C2SC(CC(=O)Nc3cccc([N+](=O)[O-])c3)C(=O)N2C2CC2)cc1. The number of nitrogens with one attached hydrogen (secondary N) is 1. The number of amidine groups is 1. The number of ether oxygens (including phenoxy) is 1. The molecule has 9 nitrogen and oxygen atoms in total. The molecule has 166 valence electrons. The molecule has 1 aliphatic heterocycles. The van der Waals surface area contributed by atoms with Crippen LogP contribution in [0.5, 0.6) is 5.75 Å². The van der Waals surface area contributed by atoms with E-state index < -0.39 is 10.2 Å². The van der Waals surface area contributed by atoms with Crippen molar-refractivity contribution in [2.75, 3.05) is 11.9 Å². The number of hydrogen-bond donors (Lipinski definition) is 1. The number of anilines is 1. The summed E-state index contributed by atoms with van der Waals surface area (Å²) in [4.78, 5) is 42.3. The number of carbonyl (C=O) groups excluding carboxylic acids is 2. The first-order valence-corrected chi connectivity index (χ1v) is 11.2. The second-order valence-electron chi connectivity index (χ2n) is 7.43. The van der Waals surface area contributed by atoms with Gasteiger partial charge in [0.15, 0.2) is 5.17 Å². The van der Waals surface area contributed by atoms with Gasteiger partial charge < -0.3 is 10.1 Å². The Balaban J connectivity index is 1.45. The van der Waals surface area contributed by atoms with Gasteiger partial charge in [-0.05, 0) is 50.1 Å². The lowest BCUT2D eigenvalue weighted by Crippen LogP contribution is -2.35. The van der Waals surface area contributed by atoms with Crippen molar-refractivity contribution in [3.63, 3.8) is 0 Å². The Labute approximate surface area is 189 Å². The minimum Gasteiger partial charge on any atom is -0.494 e. The maximum absolute atomic E-state index is 13.0. The number of hydrogen-bond acceptors (Lipinski definition) is 7. The molecule has 1 unspecified atom stereocenters. The lowest BCUT2D eigenvalue weighted by atomic mass is 10.2. The largest absolute Gasteiger partial charge is 0.494 e. The lowest BCUT2D eigenvalue weighted by Gasteiger charge is -2.15. The van der Waals surface area contributed by atoms with Crippen molar-refractivity contribution in [3.8, 4) is 5.75 Å². The molecule has 32 heavy (non-hydrogen) atoms. The number of rotatable bonds is 8. The molecule has 2 fully saturated rings. The highest BCUT2D eigenvalue weighted by Gasteiger charge is 2.46. The van der Waals surface area contributed by atoms with E-state index in [9.17, 15) is 19.7 Å². The molecule has 2 aliphatic rings. The molecule has 1 heterocycles. The highest BCUT2D eigenvalue weighted by molar-refractivity contribution is 8.15. The summed E-state index contributed by atoms with van der Waals surface area (Å²) in [5.74, 6) is 0.243. The Hall–Kier alpha value is -3.40. The van der Waals surface area contributed by atoms with Crippen LogP contribution in [0.1, 0.15) is 26.2 Å². The van der Waals surface area contributed by atoms with Crippen molar-refractivity contribution in [1.82, 2.24) is 4.90 Å². The number of amides is 2. The van der Waals surface area contributed by atoms with Crippen LogP contribution in [0, 0.1) is 10.1 Å². The minimum absolute atomic E-state index is 0.0439. The summed E-state index contributed by atoms with van der Waals surface area (Å²) in [6.45, 7) is 2.49. The molecule has 1 atom stereocenters. The molecule has 0 spiro atoms. The zero-order valence-corrected chi connectivity index (χ0v) is 18.2. The van der Waals surface area contributed by atoms with Crippen LogP contribution in [0.2, 0.25) is 0 Å². The summed E-state index contributed by atoms with van der Waals surface area (Å²) in [5.41, 5.74) is 0.914. The summed E-state index contributed by atoms with van der Waals surface area (Å²) in [6.07, 6.45) is 1.79. The lowest BCUT2D eigenvalue weighted by molar-refractivity contribution is -0.384. The normalized spacial score (nSPS) is 19.3. The van der Waals surface area contributed by atoms with Crippen molar-refractivity contribution >= 4 is 45.8 Å². The fourth-order valence-electron chi connectivity index (χ4n) is 3.33. The first kappa shape index (κ1) is 21.8. The molecule has 0 radical (unpaired) electrons. The molecule has 1 aliphatic carbocycles. The molecule has 2 amide bonds. The van der Waals surface area contributed by atoms with Gasteiger partial charge >= 0.3 is 0 Å². The van der Waals surface area contributed by atoms with E-state index >= 15 is 0 Å². The van der Waals surface area contributed by atoms with Gasteiger partial charge in [0.1, 0.15) is 11.0 Å². The first-order chi connectivity index (χ1) is 15.4. The molecule has 10 heteroatoms. The van der Waals surface area contributed by atoms with E-state index in [1.54, 1.807) is 11.0 Å². The monoisotopic (exact) mass is 454 g/mol. The number of thioether (sulfide) groups is 1. The summed E-state index contributed by atoms with van der Waals surface area (Å²) < 4.78 is 5.45. The van der Waals surface area contributed by atoms with Gasteiger partial charge in [0.2, 0.25) is 11.8 Å². The smallest absolute Gasteiger partial charge is 0.271 e. The predicted molar refractivity (Wildman–Crippen MR) is 122 cm³/mol. The van der Waals surface area contributed by atoms with Crippen molar-refractivity contribution in [1.29, 1.82) is 0 Å². The summed E-state index contributed by atoms with van der Waals surface area (Å²) in [5, 5.41) is 13.6. The van der Waals surface area contributed by atoms with E-state index in [1.807, 2.05) is 31.2 Å². The second-order valence-corrected chi connectivity index (χ2v) is 8.60. The number of carbonyl (C=O) groups is 2. The topological polar surface area (TPSA) is 114 Å². The Bertz CT molecular complexity index is 1070. The van der Waals surface area contributed by atoms with Gasteiger partial charge in [-0.3, -0.25) is 24.6 Å². The summed E-state index contributed by atoms with van der Waals surface area (Å²) >= 11 is 1.28. The molecule has 4 rings (SSSR count). The fourth-order valence-corrected chi connectivity index (χ4v) is 4.55. The van der Waals surface area contributed by atoms with Gasteiger partial charge in [0, 0.05) is 30.3 Å². The molecule has 0 bridgehead atoms.